The Morgan fingerprint density at radius 3 is 2.37 bits per heavy atom. The van der Waals surface area contributed by atoms with Crippen molar-refractivity contribution in [1.29, 1.82) is 0 Å². The van der Waals surface area contributed by atoms with Crippen molar-refractivity contribution >= 4 is 49.8 Å². The van der Waals surface area contributed by atoms with Crippen LogP contribution in [0.1, 0.15) is 20.8 Å². The Bertz CT molecular complexity index is 881. The van der Waals surface area contributed by atoms with Gasteiger partial charge in [-0.05, 0) is 31.2 Å². The molecule has 0 spiro atoms. The molecule has 1 atom stereocenters. The molecule has 1 N–H and O–H groups in total. The van der Waals surface area contributed by atoms with Gasteiger partial charge in [-0.3, -0.25) is 14.4 Å². The first-order chi connectivity index (χ1) is 12.6. The number of benzene rings is 1. The maximum absolute atomic E-state index is 12.6. The third-order valence-electron chi connectivity index (χ3n) is 3.39. The summed E-state index contributed by atoms with van der Waals surface area (Å²) in [7, 11) is -2.17. The van der Waals surface area contributed by atoms with Gasteiger partial charge in [0.05, 0.1) is 19.1 Å². The maximum atomic E-state index is 12.6. The monoisotopic (exact) mass is 430 g/mol. The minimum atomic E-state index is -3.69. The van der Waals surface area contributed by atoms with Gasteiger partial charge in [0.1, 0.15) is 11.8 Å². The number of hydrogen-bond donors (Lipinski definition) is 1. The second kappa shape index (κ2) is 8.89. The first-order valence-corrected chi connectivity index (χ1v) is 11.6. The molecule has 27 heavy (non-hydrogen) atoms. The van der Waals surface area contributed by atoms with E-state index in [-0.39, 0.29) is 0 Å². The normalized spacial score (nSPS) is 12.7. The number of carbonyl (C=O) groups excluding carboxylic acids is 1. The van der Waals surface area contributed by atoms with Crippen molar-refractivity contribution in [3.8, 4) is 5.75 Å². The van der Waals surface area contributed by atoms with Crippen LogP contribution >= 0.6 is 23.1 Å². The molecular formula is C16H22N4O4S3. The van der Waals surface area contributed by atoms with Gasteiger partial charge in [0.25, 0.3) is 0 Å². The van der Waals surface area contributed by atoms with E-state index in [9.17, 15) is 13.2 Å². The van der Waals surface area contributed by atoms with Crippen LogP contribution in [0.3, 0.4) is 0 Å². The fourth-order valence-corrected chi connectivity index (χ4v) is 5.41. The highest BCUT2D eigenvalue weighted by molar-refractivity contribution is 8.01. The van der Waals surface area contributed by atoms with Crippen molar-refractivity contribution in [1.82, 2.24) is 10.2 Å². The molecule has 1 amide bonds. The third kappa shape index (κ3) is 5.81. The van der Waals surface area contributed by atoms with E-state index in [2.05, 4.69) is 15.5 Å². The van der Waals surface area contributed by atoms with Crippen LogP contribution in [0.2, 0.25) is 0 Å². The van der Waals surface area contributed by atoms with Crippen LogP contribution in [0.4, 0.5) is 10.8 Å². The van der Waals surface area contributed by atoms with E-state index in [1.165, 1.54) is 25.4 Å². The fourth-order valence-electron chi connectivity index (χ4n) is 2.26. The molecule has 0 saturated carbocycles. The number of methoxy groups -OCH3 is 1. The summed E-state index contributed by atoms with van der Waals surface area (Å²) in [5.74, 6) is 0.0989. The first kappa shape index (κ1) is 21.5. The van der Waals surface area contributed by atoms with Gasteiger partial charge in [0.2, 0.25) is 21.1 Å². The molecule has 0 bridgehead atoms. The Morgan fingerprint density at radius 2 is 1.85 bits per heavy atom. The van der Waals surface area contributed by atoms with Crippen molar-refractivity contribution in [2.24, 2.45) is 0 Å². The minimum absolute atomic E-state index is 0.332. The van der Waals surface area contributed by atoms with Crippen LogP contribution in [0.25, 0.3) is 0 Å². The van der Waals surface area contributed by atoms with E-state index in [0.29, 0.717) is 21.8 Å². The summed E-state index contributed by atoms with van der Waals surface area (Å²) in [5.41, 5.74) is 0.370. The van der Waals surface area contributed by atoms with Gasteiger partial charge in [0.15, 0.2) is 4.34 Å². The van der Waals surface area contributed by atoms with Gasteiger partial charge >= 0.3 is 0 Å². The Kier molecular flexibility index (Phi) is 7.06. The Morgan fingerprint density at radius 1 is 1.22 bits per heavy atom. The number of hydrogen-bond acceptors (Lipinski definition) is 8. The molecule has 148 valence electrons. The Hall–Kier alpha value is -1.85. The second-order valence-corrected chi connectivity index (χ2v) is 10.6. The number of carbonyl (C=O) groups is 1. The predicted molar refractivity (Wildman–Crippen MR) is 109 cm³/mol. The largest absolute Gasteiger partial charge is 0.497 e. The summed E-state index contributed by atoms with van der Waals surface area (Å²) in [6, 6.07) is 5.48. The molecule has 1 heterocycles. The van der Waals surface area contributed by atoms with Gasteiger partial charge in [0, 0.05) is 5.25 Å². The molecule has 0 aliphatic rings. The number of thioether (sulfide) groups is 1. The topological polar surface area (TPSA) is 101 Å². The standard InChI is InChI=1S/C16H22N4O4S3/c1-10(2)25-16-19-18-15(26-16)17-14(21)11(3)20(27(5,22)23)12-6-8-13(24-4)9-7-12/h6-11H,1-5H3,(H,17,18,21). The summed E-state index contributed by atoms with van der Waals surface area (Å²) >= 11 is 2.79. The quantitative estimate of drug-likeness (QED) is 0.507. The summed E-state index contributed by atoms with van der Waals surface area (Å²) in [6.07, 6.45) is 1.06. The van der Waals surface area contributed by atoms with Crippen LogP contribution in [0.15, 0.2) is 28.6 Å². The van der Waals surface area contributed by atoms with Gasteiger partial charge in [-0.25, -0.2) is 8.42 Å². The fraction of sp³-hybridized carbons (Fsp3) is 0.438. The first-order valence-electron chi connectivity index (χ1n) is 8.06. The molecule has 2 rings (SSSR count). The van der Waals surface area contributed by atoms with Gasteiger partial charge < -0.3 is 4.74 Å². The highest BCUT2D eigenvalue weighted by Crippen LogP contribution is 2.29. The van der Waals surface area contributed by atoms with Gasteiger partial charge in [-0.1, -0.05) is 36.9 Å². The van der Waals surface area contributed by atoms with E-state index in [4.69, 9.17) is 4.74 Å². The SMILES string of the molecule is COc1ccc(N(C(C)C(=O)Nc2nnc(SC(C)C)s2)S(C)(=O)=O)cc1. The Balaban J connectivity index is 2.20. The molecule has 0 saturated heterocycles. The minimum Gasteiger partial charge on any atom is -0.497 e. The molecule has 2 aromatic rings. The molecule has 0 radical (unpaired) electrons. The van der Waals surface area contributed by atoms with Crippen LogP contribution in [0, 0.1) is 0 Å². The molecule has 0 aliphatic carbocycles. The zero-order valence-electron chi connectivity index (χ0n) is 15.7. The number of amides is 1. The van der Waals surface area contributed by atoms with Crippen LogP contribution < -0.4 is 14.4 Å². The number of rotatable bonds is 8. The summed E-state index contributed by atoms with van der Waals surface area (Å²) in [5, 5.41) is 11.3. The molecule has 1 unspecified atom stereocenters. The van der Waals surface area contributed by atoms with Crippen molar-refractivity contribution in [2.75, 3.05) is 23.0 Å². The van der Waals surface area contributed by atoms with Crippen molar-refractivity contribution < 1.29 is 17.9 Å². The second-order valence-electron chi connectivity index (χ2n) is 5.96. The number of nitrogens with one attached hydrogen (secondary N) is 1. The van der Waals surface area contributed by atoms with E-state index < -0.39 is 22.0 Å². The number of nitrogens with zero attached hydrogens (tertiary/aromatic N) is 3. The number of aromatic nitrogens is 2. The van der Waals surface area contributed by atoms with Crippen molar-refractivity contribution in [3.63, 3.8) is 0 Å². The molecule has 0 aliphatic heterocycles. The van der Waals surface area contributed by atoms with Crippen molar-refractivity contribution in [3.05, 3.63) is 24.3 Å². The zero-order chi connectivity index (χ0) is 20.2. The zero-order valence-corrected chi connectivity index (χ0v) is 18.1. The third-order valence-corrected chi connectivity index (χ3v) is 6.56. The average molecular weight is 431 g/mol. The predicted octanol–water partition coefficient (Wildman–Crippen LogP) is 2.84. The molecule has 0 fully saturated rings. The molecule has 1 aromatic heterocycles. The lowest BCUT2D eigenvalue weighted by atomic mass is 10.2. The lowest BCUT2D eigenvalue weighted by Gasteiger charge is -2.28. The lowest BCUT2D eigenvalue weighted by Crippen LogP contribution is -2.45. The summed E-state index contributed by atoms with van der Waals surface area (Å²) in [4.78, 5) is 12.6. The summed E-state index contributed by atoms with van der Waals surface area (Å²) < 4.78 is 31.5. The van der Waals surface area contributed by atoms with Crippen LogP contribution in [0.5, 0.6) is 5.75 Å². The van der Waals surface area contributed by atoms with Crippen LogP contribution in [-0.4, -0.2) is 49.2 Å². The number of anilines is 2. The molecule has 11 heteroatoms. The van der Waals surface area contributed by atoms with Gasteiger partial charge in [-0.2, -0.15) is 0 Å². The summed E-state index contributed by atoms with van der Waals surface area (Å²) in [6.45, 7) is 5.59. The Labute approximate surface area is 167 Å². The van der Waals surface area contributed by atoms with E-state index >= 15 is 0 Å². The highest BCUT2D eigenvalue weighted by atomic mass is 32.2. The van der Waals surface area contributed by atoms with E-state index in [1.54, 1.807) is 36.0 Å². The highest BCUT2D eigenvalue weighted by Gasteiger charge is 2.29. The van der Waals surface area contributed by atoms with E-state index in [1.807, 2.05) is 13.8 Å². The molecular weight excluding hydrogens is 408 g/mol. The lowest BCUT2D eigenvalue weighted by molar-refractivity contribution is -0.116. The van der Waals surface area contributed by atoms with Crippen molar-refractivity contribution in [2.45, 2.75) is 36.4 Å². The smallest absolute Gasteiger partial charge is 0.249 e. The molecule has 1 aromatic carbocycles. The number of ether oxygens (including phenoxy) is 1. The maximum Gasteiger partial charge on any atom is 0.249 e. The number of sulfonamides is 1. The van der Waals surface area contributed by atoms with E-state index in [0.717, 1.165) is 14.9 Å². The molecule has 8 nitrogen and oxygen atoms in total. The van der Waals surface area contributed by atoms with Crippen LogP contribution in [-0.2, 0) is 14.8 Å². The van der Waals surface area contributed by atoms with Gasteiger partial charge in [-0.15, -0.1) is 10.2 Å². The average Bonchev–Trinajstić information content (AvgIpc) is 3.00.